The molecule has 0 saturated carbocycles. The van der Waals surface area contributed by atoms with Gasteiger partial charge in [-0.25, -0.2) is 0 Å². The molecule has 0 aromatic rings. The highest BCUT2D eigenvalue weighted by Crippen LogP contribution is 2.21. The molecule has 1 saturated heterocycles. The van der Waals surface area contributed by atoms with Gasteiger partial charge in [0.15, 0.2) is 0 Å². The van der Waals surface area contributed by atoms with Crippen molar-refractivity contribution in [3.8, 4) is 0 Å². The minimum absolute atomic E-state index is 0.173. The molecule has 2 atom stereocenters. The Morgan fingerprint density at radius 2 is 2.06 bits per heavy atom. The Kier molecular flexibility index (Phi) is 4.74. The van der Waals surface area contributed by atoms with Gasteiger partial charge in [-0.15, -0.1) is 0 Å². The van der Waals surface area contributed by atoms with E-state index in [1.165, 1.54) is 0 Å². The molecule has 2 unspecified atom stereocenters. The van der Waals surface area contributed by atoms with Crippen LogP contribution < -0.4 is 5.32 Å². The normalized spacial score (nSPS) is 25.9. The smallest absolute Gasteiger partial charge is 0.323 e. The van der Waals surface area contributed by atoms with Gasteiger partial charge in [0, 0.05) is 6.54 Å². The Morgan fingerprint density at radius 3 is 2.44 bits per heavy atom. The van der Waals surface area contributed by atoms with E-state index in [-0.39, 0.29) is 6.10 Å². The lowest BCUT2D eigenvalue weighted by Crippen LogP contribution is -2.53. The summed E-state index contributed by atoms with van der Waals surface area (Å²) in [6.45, 7) is 6.51. The zero-order valence-corrected chi connectivity index (χ0v) is 10.5. The second kappa shape index (κ2) is 5.64. The Balaban J connectivity index is 2.47. The van der Waals surface area contributed by atoms with Crippen LogP contribution in [0.4, 0.5) is 0 Å². The van der Waals surface area contributed by atoms with Crippen LogP contribution in [0.3, 0.4) is 0 Å². The van der Waals surface area contributed by atoms with Crippen LogP contribution in [-0.2, 0) is 9.53 Å². The van der Waals surface area contributed by atoms with Gasteiger partial charge in [0.25, 0.3) is 0 Å². The van der Waals surface area contributed by atoms with Crippen molar-refractivity contribution in [1.29, 1.82) is 0 Å². The molecule has 0 aromatic carbocycles. The number of ether oxygens (including phenoxy) is 1. The average Bonchev–Trinajstić information content (AvgIpc) is 2.66. The van der Waals surface area contributed by atoms with Crippen molar-refractivity contribution in [3.05, 3.63) is 0 Å². The molecule has 0 radical (unpaired) electrons. The van der Waals surface area contributed by atoms with Crippen molar-refractivity contribution in [1.82, 2.24) is 5.32 Å². The molecular weight excluding hydrogens is 206 g/mol. The molecule has 0 aliphatic carbocycles. The zero-order valence-electron chi connectivity index (χ0n) is 10.5. The van der Waals surface area contributed by atoms with Crippen molar-refractivity contribution in [2.45, 2.75) is 64.2 Å². The molecule has 16 heavy (non-hydrogen) atoms. The Morgan fingerprint density at radius 1 is 1.44 bits per heavy atom. The molecule has 0 amide bonds. The van der Waals surface area contributed by atoms with Crippen LogP contribution in [0.2, 0.25) is 0 Å². The largest absolute Gasteiger partial charge is 0.480 e. The summed E-state index contributed by atoms with van der Waals surface area (Å²) in [4.78, 5) is 11.2. The van der Waals surface area contributed by atoms with Crippen molar-refractivity contribution in [2.24, 2.45) is 0 Å². The lowest BCUT2D eigenvalue weighted by molar-refractivity contribution is -0.145. The van der Waals surface area contributed by atoms with Gasteiger partial charge in [-0.05, 0) is 32.6 Å². The highest BCUT2D eigenvalue weighted by Gasteiger charge is 2.35. The quantitative estimate of drug-likeness (QED) is 0.729. The number of rotatable bonds is 6. The van der Waals surface area contributed by atoms with Gasteiger partial charge in [0.1, 0.15) is 5.54 Å². The van der Waals surface area contributed by atoms with Crippen molar-refractivity contribution >= 4 is 5.97 Å². The Labute approximate surface area is 97.4 Å². The first-order valence-corrected chi connectivity index (χ1v) is 6.18. The lowest BCUT2D eigenvalue weighted by atomic mass is 9.92. The predicted molar refractivity (Wildman–Crippen MR) is 62.5 cm³/mol. The maximum atomic E-state index is 11.2. The number of hydrogen-bond donors (Lipinski definition) is 2. The summed E-state index contributed by atoms with van der Waals surface area (Å²) in [6.07, 6.45) is 3.78. The predicted octanol–water partition coefficient (Wildman–Crippen LogP) is 1.79. The first kappa shape index (κ1) is 13.5. The van der Waals surface area contributed by atoms with Crippen LogP contribution in [0.5, 0.6) is 0 Å². The van der Waals surface area contributed by atoms with Crippen LogP contribution in [0.15, 0.2) is 0 Å². The number of nitrogens with one attached hydrogen (secondary N) is 1. The van der Waals surface area contributed by atoms with E-state index in [2.05, 4.69) is 12.2 Å². The highest BCUT2D eigenvalue weighted by molar-refractivity contribution is 5.78. The first-order chi connectivity index (χ1) is 7.54. The minimum Gasteiger partial charge on any atom is -0.480 e. The lowest BCUT2D eigenvalue weighted by Gasteiger charge is -2.29. The molecular formula is C12H23NO3. The number of hydrogen-bond acceptors (Lipinski definition) is 3. The summed E-state index contributed by atoms with van der Waals surface area (Å²) < 4.78 is 5.67. The van der Waals surface area contributed by atoms with Crippen LogP contribution in [-0.4, -0.2) is 35.4 Å². The fraction of sp³-hybridized carbons (Fsp3) is 0.917. The first-order valence-electron chi connectivity index (χ1n) is 6.18. The van der Waals surface area contributed by atoms with E-state index >= 15 is 0 Å². The van der Waals surface area contributed by atoms with Gasteiger partial charge in [0.05, 0.1) is 12.2 Å². The van der Waals surface area contributed by atoms with Crippen molar-refractivity contribution in [2.75, 3.05) is 6.54 Å². The average molecular weight is 229 g/mol. The van der Waals surface area contributed by atoms with Gasteiger partial charge in [0.2, 0.25) is 0 Å². The summed E-state index contributed by atoms with van der Waals surface area (Å²) in [6, 6.07) is 0. The van der Waals surface area contributed by atoms with Gasteiger partial charge in [-0.3, -0.25) is 10.1 Å². The monoisotopic (exact) mass is 229 g/mol. The standard InChI is InChI=1S/C12H23NO3/c1-4-12(5-2,11(14)15)13-8-10-7-6-9(3)16-10/h9-10,13H,4-8H2,1-3H3,(H,14,15). The van der Waals surface area contributed by atoms with Crippen LogP contribution in [0.25, 0.3) is 0 Å². The molecule has 0 bridgehead atoms. The molecule has 1 fully saturated rings. The van der Waals surface area contributed by atoms with Gasteiger partial charge >= 0.3 is 5.97 Å². The van der Waals surface area contributed by atoms with E-state index in [1.807, 2.05) is 13.8 Å². The van der Waals surface area contributed by atoms with Gasteiger partial charge in [-0.2, -0.15) is 0 Å². The van der Waals surface area contributed by atoms with E-state index in [0.717, 1.165) is 12.8 Å². The van der Waals surface area contributed by atoms with E-state index in [4.69, 9.17) is 4.74 Å². The van der Waals surface area contributed by atoms with Gasteiger partial charge in [-0.1, -0.05) is 13.8 Å². The Bertz CT molecular complexity index is 238. The topological polar surface area (TPSA) is 58.6 Å². The third kappa shape index (κ3) is 2.95. The summed E-state index contributed by atoms with van der Waals surface area (Å²) in [5, 5.41) is 12.4. The molecule has 1 heterocycles. The van der Waals surface area contributed by atoms with Crippen LogP contribution >= 0.6 is 0 Å². The molecule has 0 spiro atoms. The fourth-order valence-electron chi connectivity index (χ4n) is 2.22. The zero-order chi connectivity index (χ0) is 12.2. The van der Waals surface area contributed by atoms with E-state index in [1.54, 1.807) is 0 Å². The molecule has 2 N–H and O–H groups in total. The van der Waals surface area contributed by atoms with Gasteiger partial charge < -0.3 is 9.84 Å². The van der Waals surface area contributed by atoms with E-state index < -0.39 is 11.5 Å². The highest BCUT2D eigenvalue weighted by atomic mass is 16.5. The molecule has 4 nitrogen and oxygen atoms in total. The fourth-order valence-corrected chi connectivity index (χ4v) is 2.22. The summed E-state index contributed by atoms with van der Waals surface area (Å²) in [5.41, 5.74) is -0.783. The second-order valence-electron chi connectivity index (χ2n) is 4.62. The maximum absolute atomic E-state index is 11.2. The second-order valence-corrected chi connectivity index (χ2v) is 4.62. The number of carbonyl (C=O) groups is 1. The molecule has 1 aliphatic rings. The number of aliphatic carboxylic acids is 1. The third-order valence-corrected chi connectivity index (χ3v) is 3.60. The molecule has 1 rings (SSSR count). The molecule has 94 valence electrons. The molecule has 0 aromatic heterocycles. The van der Waals surface area contributed by atoms with E-state index in [9.17, 15) is 9.90 Å². The third-order valence-electron chi connectivity index (χ3n) is 3.60. The SMILES string of the molecule is CCC(CC)(NCC1CCC(C)O1)C(=O)O. The number of carboxylic acids is 1. The Hall–Kier alpha value is -0.610. The molecule has 1 aliphatic heterocycles. The summed E-state index contributed by atoms with van der Waals surface area (Å²) >= 11 is 0. The minimum atomic E-state index is -0.783. The van der Waals surface area contributed by atoms with Crippen molar-refractivity contribution in [3.63, 3.8) is 0 Å². The van der Waals surface area contributed by atoms with E-state index in [0.29, 0.717) is 25.5 Å². The number of carboxylic acid groups (broad SMARTS) is 1. The van der Waals surface area contributed by atoms with Crippen molar-refractivity contribution < 1.29 is 14.6 Å². The summed E-state index contributed by atoms with van der Waals surface area (Å²) in [5.74, 6) is -0.761. The molecule has 4 heteroatoms. The van der Waals surface area contributed by atoms with Crippen LogP contribution in [0.1, 0.15) is 46.5 Å². The maximum Gasteiger partial charge on any atom is 0.323 e. The van der Waals surface area contributed by atoms with Crippen LogP contribution in [0, 0.1) is 0 Å². The summed E-state index contributed by atoms with van der Waals surface area (Å²) in [7, 11) is 0.